The van der Waals surface area contributed by atoms with Crippen LogP contribution in [0.2, 0.25) is 0 Å². The topological polar surface area (TPSA) is 28.7 Å². The molecular formula is C5H8N2Zn. The molecule has 1 N–H and O–H groups in total. The Hall–Kier alpha value is -0.167. The predicted molar refractivity (Wildman–Crippen MR) is 28.0 cm³/mol. The van der Waals surface area contributed by atoms with Crippen LogP contribution in [0.4, 0.5) is 0 Å². The van der Waals surface area contributed by atoms with Crippen LogP contribution in [0.25, 0.3) is 0 Å². The molecule has 0 fully saturated rings. The summed E-state index contributed by atoms with van der Waals surface area (Å²) in [5, 5.41) is 0. The van der Waals surface area contributed by atoms with Gasteiger partial charge in [0.1, 0.15) is 5.82 Å². The van der Waals surface area contributed by atoms with Crippen molar-refractivity contribution in [1.29, 1.82) is 0 Å². The molecule has 0 saturated carbocycles. The van der Waals surface area contributed by atoms with Crippen molar-refractivity contribution in [3.63, 3.8) is 0 Å². The summed E-state index contributed by atoms with van der Waals surface area (Å²) in [5.41, 5.74) is 0. The molecule has 2 nitrogen and oxygen atoms in total. The van der Waals surface area contributed by atoms with Gasteiger partial charge in [-0.15, -0.1) is 0 Å². The van der Waals surface area contributed by atoms with E-state index in [0.29, 0.717) is 0 Å². The largest absolute Gasteiger partial charge is 0.349 e. The molecule has 1 rings (SSSR count). The molecule has 1 aromatic heterocycles. The normalized spacial score (nSPS) is 8.12. The van der Waals surface area contributed by atoms with Gasteiger partial charge in [-0.3, -0.25) is 0 Å². The maximum absolute atomic E-state index is 3.98. The number of rotatable bonds is 1. The zero-order chi connectivity index (χ0) is 5.11. The van der Waals surface area contributed by atoms with E-state index in [1.807, 2.05) is 6.20 Å². The van der Waals surface area contributed by atoms with E-state index in [4.69, 9.17) is 0 Å². The molecule has 0 radical (unpaired) electrons. The second kappa shape index (κ2) is 3.79. The number of aromatic amines is 1. The van der Waals surface area contributed by atoms with E-state index in [1.165, 1.54) is 0 Å². The van der Waals surface area contributed by atoms with Gasteiger partial charge in [-0.25, -0.2) is 4.98 Å². The Bertz CT molecular complexity index is 125. The first-order valence-electron chi connectivity index (χ1n) is 2.41. The minimum absolute atomic E-state index is 0. The van der Waals surface area contributed by atoms with Crippen LogP contribution < -0.4 is 0 Å². The number of nitrogens with zero attached hydrogens (tertiary/aromatic N) is 1. The van der Waals surface area contributed by atoms with E-state index in [1.54, 1.807) is 6.20 Å². The third kappa shape index (κ3) is 1.75. The van der Waals surface area contributed by atoms with Gasteiger partial charge < -0.3 is 4.98 Å². The quantitative estimate of drug-likeness (QED) is 0.611. The SMILES string of the molecule is CCc1ncc[nH]1.[Zn]. The van der Waals surface area contributed by atoms with Gasteiger partial charge in [0.25, 0.3) is 0 Å². The predicted octanol–water partition coefficient (Wildman–Crippen LogP) is 0.970. The molecule has 0 aliphatic heterocycles. The summed E-state index contributed by atoms with van der Waals surface area (Å²) in [5.74, 6) is 1.06. The summed E-state index contributed by atoms with van der Waals surface area (Å²) >= 11 is 0. The summed E-state index contributed by atoms with van der Waals surface area (Å²) in [6.07, 6.45) is 4.59. The standard InChI is InChI=1S/C5H8N2.Zn/c1-2-5-6-3-4-7-5;/h3-4H,2H2,1H3,(H,6,7);. The maximum Gasteiger partial charge on any atom is 0.105 e. The van der Waals surface area contributed by atoms with Crippen molar-refractivity contribution in [3.05, 3.63) is 18.2 Å². The number of aryl methyl sites for hydroxylation is 1. The molecule has 0 bridgehead atoms. The van der Waals surface area contributed by atoms with Crippen LogP contribution in [-0.2, 0) is 25.9 Å². The van der Waals surface area contributed by atoms with E-state index < -0.39 is 0 Å². The van der Waals surface area contributed by atoms with Crippen LogP contribution in [0, 0.1) is 0 Å². The van der Waals surface area contributed by atoms with Gasteiger partial charge >= 0.3 is 0 Å². The second-order valence-corrected chi connectivity index (χ2v) is 1.39. The minimum atomic E-state index is 0. The smallest absolute Gasteiger partial charge is 0.105 e. The molecule has 0 amide bonds. The number of hydrogen-bond acceptors (Lipinski definition) is 1. The fourth-order valence-corrected chi connectivity index (χ4v) is 0.491. The zero-order valence-electron chi connectivity index (χ0n) is 5.02. The van der Waals surface area contributed by atoms with Crippen molar-refractivity contribution in [2.75, 3.05) is 0 Å². The number of imidazole rings is 1. The summed E-state index contributed by atoms with van der Waals surface area (Å²) < 4.78 is 0. The van der Waals surface area contributed by atoms with Gasteiger partial charge in [-0.1, -0.05) is 6.92 Å². The molecule has 0 saturated heterocycles. The molecule has 40 valence electrons. The van der Waals surface area contributed by atoms with E-state index in [2.05, 4.69) is 16.9 Å². The number of hydrogen-bond donors (Lipinski definition) is 1. The van der Waals surface area contributed by atoms with Gasteiger partial charge in [-0.2, -0.15) is 0 Å². The first-order valence-corrected chi connectivity index (χ1v) is 2.41. The van der Waals surface area contributed by atoms with Crippen LogP contribution in [-0.4, -0.2) is 9.97 Å². The average Bonchev–Trinajstić information content (AvgIpc) is 2.14. The Morgan fingerprint density at radius 3 is 2.75 bits per heavy atom. The third-order valence-corrected chi connectivity index (χ3v) is 0.890. The van der Waals surface area contributed by atoms with Gasteiger partial charge in [0.2, 0.25) is 0 Å². The molecule has 0 aliphatic carbocycles. The first kappa shape index (κ1) is 7.83. The minimum Gasteiger partial charge on any atom is -0.349 e. The van der Waals surface area contributed by atoms with Crippen molar-refractivity contribution < 1.29 is 19.5 Å². The molecule has 3 heteroatoms. The Balaban J connectivity index is 0.000000490. The second-order valence-electron chi connectivity index (χ2n) is 1.39. The molecule has 0 atom stereocenters. The number of aromatic nitrogens is 2. The van der Waals surface area contributed by atoms with Crippen LogP contribution in [0.5, 0.6) is 0 Å². The first-order chi connectivity index (χ1) is 3.43. The molecule has 0 aliphatic rings. The Labute approximate surface area is 61.5 Å². The van der Waals surface area contributed by atoms with Gasteiger partial charge in [0, 0.05) is 38.3 Å². The fraction of sp³-hybridized carbons (Fsp3) is 0.400. The summed E-state index contributed by atoms with van der Waals surface area (Å²) in [6.45, 7) is 2.07. The Morgan fingerprint density at radius 1 is 1.75 bits per heavy atom. The average molecular weight is 162 g/mol. The van der Waals surface area contributed by atoms with Crippen LogP contribution in [0.1, 0.15) is 12.7 Å². The summed E-state index contributed by atoms with van der Waals surface area (Å²) in [4.78, 5) is 6.95. The van der Waals surface area contributed by atoms with Crippen molar-refractivity contribution in [2.45, 2.75) is 13.3 Å². The van der Waals surface area contributed by atoms with Crippen LogP contribution >= 0.6 is 0 Å². The monoisotopic (exact) mass is 160 g/mol. The van der Waals surface area contributed by atoms with Gasteiger partial charge in [0.05, 0.1) is 0 Å². The van der Waals surface area contributed by atoms with Crippen molar-refractivity contribution >= 4 is 0 Å². The van der Waals surface area contributed by atoms with Gasteiger partial charge in [0.15, 0.2) is 0 Å². The molecule has 0 aromatic carbocycles. The van der Waals surface area contributed by atoms with Crippen molar-refractivity contribution in [1.82, 2.24) is 9.97 Å². The zero-order valence-corrected chi connectivity index (χ0v) is 7.98. The molecule has 0 unspecified atom stereocenters. The Morgan fingerprint density at radius 2 is 2.50 bits per heavy atom. The van der Waals surface area contributed by atoms with Crippen LogP contribution in [0.3, 0.4) is 0 Å². The summed E-state index contributed by atoms with van der Waals surface area (Å²) in [6, 6.07) is 0. The third-order valence-electron chi connectivity index (χ3n) is 0.890. The molecule has 0 spiro atoms. The number of nitrogens with one attached hydrogen (secondary N) is 1. The van der Waals surface area contributed by atoms with Gasteiger partial charge in [-0.05, 0) is 0 Å². The molecular weight excluding hydrogens is 153 g/mol. The number of H-pyrrole nitrogens is 1. The molecule has 1 aromatic rings. The van der Waals surface area contributed by atoms with E-state index in [9.17, 15) is 0 Å². The summed E-state index contributed by atoms with van der Waals surface area (Å²) in [7, 11) is 0. The Kier molecular flexibility index (Phi) is 3.71. The van der Waals surface area contributed by atoms with E-state index in [0.717, 1.165) is 12.2 Å². The van der Waals surface area contributed by atoms with Crippen molar-refractivity contribution in [3.8, 4) is 0 Å². The molecule has 1 heterocycles. The van der Waals surface area contributed by atoms with Crippen LogP contribution in [0.15, 0.2) is 12.4 Å². The molecule has 8 heavy (non-hydrogen) atoms. The van der Waals surface area contributed by atoms with Crippen molar-refractivity contribution in [2.24, 2.45) is 0 Å². The van der Waals surface area contributed by atoms with E-state index in [-0.39, 0.29) is 19.5 Å². The maximum atomic E-state index is 3.98. The fourth-order valence-electron chi connectivity index (χ4n) is 0.491. The van der Waals surface area contributed by atoms with E-state index >= 15 is 0 Å².